The number of aliphatic hydroxyl groups excluding tert-OH is 2. The van der Waals surface area contributed by atoms with Gasteiger partial charge in [-0.25, -0.2) is 13.2 Å². The van der Waals surface area contributed by atoms with E-state index in [2.05, 4.69) is 4.98 Å². The van der Waals surface area contributed by atoms with Crippen molar-refractivity contribution < 1.29 is 42.8 Å². The number of carbonyl (C=O) groups is 1. The smallest absolute Gasteiger partial charge is 0.309 e. The molecular weight excluding hydrogens is 517 g/mol. The van der Waals surface area contributed by atoms with E-state index < -0.39 is 34.9 Å². The lowest BCUT2D eigenvalue weighted by atomic mass is 9.74. The van der Waals surface area contributed by atoms with Gasteiger partial charge in [0.05, 0.1) is 30.8 Å². The third-order valence-corrected chi connectivity index (χ3v) is 7.50. The van der Waals surface area contributed by atoms with Crippen molar-refractivity contribution in [1.29, 1.82) is 0 Å². The van der Waals surface area contributed by atoms with Gasteiger partial charge in [0.1, 0.15) is 18.1 Å². The lowest BCUT2D eigenvalue weighted by Gasteiger charge is -2.39. The Hall–Kier alpha value is -3.41. The zero-order valence-electron chi connectivity index (χ0n) is 21.5. The second-order valence-corrected chi connectivity index (χ2v) is 9.77. The van der Waals surface area contributed by atoms with E-state index in [1.807, 2.05) is 4.90 Å². The van der Waals surface area contributed by atoms with Crippen LogP contribution in [-0.4, -0.2) is 64.5 Å². The summed E-state index contributed by atoms with van der Waals surface area (Å²) in [5.41, 5.74) is 0.548. The van der Waals surface area contributed by atoms with Gasteiger partial charge in [0.15, 0.2) is 17.5 Å². The molecule has 3 aromatic rings. The monoisotopic (exact) mass is 548 g/mol. The van der Waals surface area contributed by atoms with Crippen LogP contribution in [0, 0.1) is 22.9 Å². The molecule has 0 unspecified atom stereocenters. The molecule has 1 aromatic heterocycles. The highest BCUT2D eigenvalue weighted by Gasteiger charge is 2.41. The predicted octanol–water partition coefficient (Wildman–Crippen LogP) is 4.21. The summed E-state index contributed by atoms with van der Waals surface area (Å²) in [6, 6.07) is 6.80. The number of aliphatic hydroxyl groups is 2. The van der Waals surface area contributed by atoms with Gasteiger partial charge in [0.25, 0.3) is 0 Å². The van der Waals surface area contributed by atoms with Crippen LogP contribution in [-0.2, 0) is 11.4 Å². The minimum Gasteiger partial charge on any atom is -0.497 e. The van der Waals surface area contributed by atoms with Crippen LogP contribution >= 0.6 is 0 Å². The summed E-state index contributed by atoms with van der Waals surface area (Å²) in [7, 11) is 1.53. The molecule has 1 aliphatic heterocycles. The van der Waals surface area contributed by atoms with E-state index >= 15 is 0 Å². The van der Waals surface area contributed by atoms with Gasteiger partial charge in [-0.2, -0.15) is 0 Å². The summed E-state index contributed by atoms with van der Waals surface area (Å²) in [6.07, 6.45) is 1.56. The molecule has 8 nitrogen and oxygen atoms in total. The summed E-state index contributed by atoms with van der Waals surface area (Å²) in [6.45, 7) is 1.06. The van der Waals surface area contributed by atoms with Gasteiger partial charge in [0, 0.05) is 35.8 Å². The van der Waals surface area contributed by atoms with Crippen molar-refractivity contribution in [3.63, 3.8) is 0 Å². The maximum absolute atomic E-state index is 13.4. The van der Waals surface area contributed by atoms with Crippen molar-refractivity contribution in [3.8, 4) is 11.5 Å². The highest BCUT2D eigenvalue weighted by molar-refractivity contribution is 5.85. The van der Waals surface area contributed by atoms with Crippen molar-refractivity contribution in [1.82, 2.24) is 9.88 Å². The third kappa shape index (κ3) is 6.26. The number of piperidine rings is 1. The van der Waals surface area contributed by atoms with Crippen molar-refractivity contribution in [2.24, 2.45) is 5.41 Å². The van der Waals surface area contributed by atoms with Crippen LogP contribution in [0.3, 0.4) is 0 Å². The number of fused-ring (bicyclic) bond motifs is 1. The topological polar surface area (TPSA) is 112 Å². The third-order valence-electron chi connectivity index (χ3n) is 7.50. The van der Waals surface area contributed by atoms with Gasteiger partial charge < -0.3 is 24.8 Å². The van der Waals surface area contributed by atoms with E-state index in [0.29, 0.717) is 60.3 Å². The molecule has 0 amide bonds. The van der Waals surface area contributed by atoms with Crippen molar-refractivity contribution in [2.75, 3.05) is 33.4 Å². The van der Waals surface area contributed by atoms with E-state index in [1.54, 1.807) is 18.2 Å². The molecule has 1 atom stereocenters. The molecule has 1 aliphatic rings. The van der Waals surface area contributed by atoms with E-state index in [4.69, 9.17) is 9.47 Å². The van der Waals surface area contributed by atoms with Gasteiger partial charge in [-0.15, -0.1) is 0 Å². The van der Waals surface area contributed by atoms with Gasteiger partial charge in [-0.3, -0.25) is 14.7 Å². The fourth-order valence-electron chi connectivity index (χ4n) is 5.12. The maximum atomic E-state index is 13.4. The number of hydrogen-bond donors (Lipinski definition) is 3. The Morgan fingerprint density at radius 1 is 1.13 bits per heavy atom. The molecule has 0 saturated carbocycles. The zero-order chi connectivity index (χ0) is 28.2. The lowest BCUT2D eigenvalue weighted by Crippen LogP contribution is -2.45. The average molecular weight is 549 g/mol. The number of pyridine rings is 1. The molecule has 0 aliphatic carbocycles. The summed E-state index contributed by atoms with van der Waals surface area (Å²) in [5, 5.41) is 31.8. The summed E-state index contributed by atoms with van der Waals surface area (Å²) >= 11 is 0. The summed E-state index contributed by atoms with van der Waals surface area (Å²) in [5.74, 6) is -4.71. The molecule has 210 valence electrons. The molecule has 3 N–H and O–H groups in total. The molecule has 0 radical (unpaired) electrons. The number of methoxy groups -OCH3 is 1. The number of likely N-dealkylation sites (tertiary alicyclic amines) is 1. The molecule has 1 fully saturated rings. The largest absolute Gasteiger partial charge is 0.497 e. The molecule has 11 heteroatoms. The minimum absolute atomic E-state index is 0.0891. The first-order valence-electron chi connectivity index (χ1n) is 12.6. The van der Waals surface area contributed by atoms with Gasteiger partial charge in [-0.1, -0.05) is 0 Å². The van der Waals surface area contributed by atoms with Crippen LogP contribution in [0.2, 0.25) is 0 Å². The minimum atomic E-state index is -1.56. The number of aliphatic carboxylic acids is 1. The van der Waals surface area contributed by atoms with Crippen LogP contribution < -0.4 is 9.47 Å². The van der Waals surface area contributed by atoms with Crippen LogP contribution in [0.1, 0.15) is 42.9 Å². The Bertz CT molecular complexity index is 1300. The Balaban J connectivity index is 1.38. The van der Waals surface area contributed by atoms with E-state index in [9.17, 15) is 33.3 Å². The summed E-state index contributed by atoms with van der Waals surface area (Å²) in [4.78, 5) is 18.7. The van der Waals surface area contributed by atoms with Crippen LogP contribution in [0.5, 0.6) is 11.5 Å². The van der Waals surface area contributed by atoms with Gasteiger partial charge in [0.2, 0.25) is 0 Å². The number of benzene rings is 2. The first-order chi connectivity index (χ1) is 18.7. The first kappa shape index (κ1) is 28.6. The lowest BCUT2D eigenvalue weighted by molar-refractivity contribution is -0.153. The van der Waals surface area contributed by atoms with E-state index in [1.165, 1.54) is 13.3 Å². The second kappa shape index (κ2) is 12.2. The highest BCUT2D eigenvalue weighted by atomic mass is 19.2. The Morgan fingerprint density at radius 2 is 1.82 bits per heavy atom. The number of nitrogens with zero attached hydrogens (tertiary/aromatic N) is 2. The molecule has 4 rings (SSSR count). The van der Waals surface area contributed by atoms with E-state index in [0.717, 1.165) is 12.1 Å². The van der Waals surface area contributed by atoms with Crippen LogP contribution in [0.15, 0.2) is 36.5 Å². The van der Waals surface area contributed by atoms with Crippen molar-refractivity contribution >= 4 is 16.9 Å². The molecule has 0 spiro atoms. The number of carboxylic acid groups (broad SMARTS) is 1. The molecular formula is C28H31F3N2O6. The highest BCUT2D eigenvalue weighted by Crippen LogP contribution is 2.40. The number of ether oxygens (including phenoxy) is 2. The number of hydrogen-bond acceptors (Lipinski definition) is 7. The fourth-order valence-corrected chi connectivity index (χ4v) is 5.12. The Kier molecular flexibility index (Phi) is 8.94. The Morgan fingerprint density at radius 3 is 2.44 bits per heavy atom. The maximum Gasteiger partial charge on any atom is 0.309 e. The van der Waals surface area contributed by atoms with Gasteiger partial charge in [-0.05, 0) is 62.5 Å². The van der Waals surface area contributed by atoms with Crippen LogP contribution in [0.25, 0.3) is 10.9 Å². The van der Waals surface area contributed by atoms with E-state index in [-0.39, 0.29) is 31.8 Å². The molecule has 2 heterocycles. The quantitative estimate of drug-likeness (QED) is 0.306. The van der Waals surface area contributed by atoms with Crippen molar-refractivity contribution in [2.45, 2.75) is 38.4 Å². The second-order valence-electron chi connectivity index (χ2n) is 9.77. The molecule has 0 bridgehead atoms. The number of halogens is 3. The van der Waals surface area contributed by atoms with Crippen molar-refractivity contribution in [3.05, 3.63) is 65.1 Å². The number of aromatic nitrogens is 1. The summed E-state index contributed by atoms with van der Waals surface area (Å²) < 4.78 is 50.5. The number of rotatable bonds is 11. The first-order valence-corrected chi connectivity index (χ1v) is 12.6. The Labute approximate surface area is 223 Å². The number of carboxylic acids is 1. The zero-order valence-corrected chi connectivity index (χ0v) is 21.5. The van der Waals surface area contributed by atoms with Gasteiger partial charge >= 0.3 is 5.97 Å². The van der Waals surface area contributed by atoms with Crippen LogP contribution in [0.4, 0.5) is 13.2 Å². The predicted molar refractivity (Wildman–Crippen MR) is 136 cm³/mol. The standard InChI is InChI=1S/C28H31F3N2O6/c1-38-18-2-3-23-20(12-18)25(17(16-34)15-32-23)24(35)4-5-28(27(36)37)6-8-33(9-7-28)10-11-39-19-13-21(29)26(31)22(30)14-19/h2-3,12-15,24,34-35H,4-11,16H2,1H3,(H,36,37)/t24-/m1/s1. The molecule has 39 heavy (non-hydrogen) atoms. The average Bonchev–Trinajstić information content (AvgIpc) is 2.94. The molecule has 2 aromatic carbocycles. The normalized spacial score (nSPS) is 16.3. The SMILES string of the molecule is COc1ccc2ncc(CO)c([C@H](O)CCC3(C(=O)O)CCN(CCOc4cc(F)c(F)c(F)c4)CC3)c2c1. The molecule has 1 saturated heterocycles. The fraction of sp³-hybridized carbons (Fsp3) is 0.429.